The number of hydrogen-bond donors (Lipinski definition) is 4. The average molecular weight is 499 g/mol. The molecule has 0 aliphatic rings. The molecule has 0 saturated heterocycles. The summed E-state index contributed by atoms with van der Waals surface area (Å²) in [4.78, 5) is 26.1. The average Bonchev–Trinajstić information content (AvgIpc) is 2.84. The lowest BCUT2D eigenvalue weighted by molar-refractivity contribution is -0.132. The van der Waals surface area contributed by atoms with Gasteiger partial charge in [0.15, 0.2) is 0 Å². The fourth-order valence-corrected chi connectivity index (χ4v) is 4.84. The quantitative estimate of drug-likeness (QED) is 0.259. The molecule has 0 aliphatic carbocycles. The van der Waals surface area contributed by atoms with Gasteiger partial charge in [0, 0.05) is 0 Å². The fourth-order valence-electron chi connectivity index (χ4n) is 4.84. The number of rotatable bonds is 8. The molecule has 4 N–H and O–H groups in total. The summed E-state index contributed by atoms with van der Waals surface area (Å²) in [6.45, 7) is 6.52. The Hall–Kier alpha value is -3.74. The van der Waals surface area contributed by atoms with Gasteiger partial charge in [-0.15, -0.1) is 0 Å². The van der Waals surface area contributed by atoms with Crippen LogP contribution in [-0.4, -0.2) is 33.2 Å². The van der Waals surface area contributed by atoms with Crippen molar-refractivity contribution in [2.24, 2.45) is 0 Å². The molecule has 0 heterocycles. The van der Waals surface area contributed by atoms with Crippen LogP contribution in [-0.2, 0) is 9.59 Å². The number of hydrogen-bond acceptors (Lipinski definition) is 4. The van der Waals surface area contributed by atoms with Gasteiger partial charge in [-0.05, 0) is 60.4 Å². The van der Waals surface area contributed by atoms with E-state index in [1.807, 2.05) is 84.9 Å². The van der Waals surface area contributed by atoms with Crippen LogP contribution in [0.1, 0.15) is 57.3 Å². The zero-order chi connectivity index (χ0) is 26.8. The molecule has 2 atom stereocenters. The largest absolute Gasteiger partial charge is 0.388 e. The van der Waals surface area contributed by atoms with Gasteiger partial charge in [0.05, 0.1) is 23.3 Å². The highest BCUT2D eigenvalue weighted by molar-refractivity contribution is 5.98. The summed E-state index contributed by atoms with van der Waals surface area (Å²) in [5.41, 5.74) is -1.03. The van der Waals surface area contributed by atoms with Gasteiger partial charge >= 0.3 is 0 Å². The highest BCUT2D eigenvalue weighted by Crippen LogP contribution is 2.33. The van der Waals surface area contributed by atoms with Crippen molar-refractivity contribution in [3.63, 3.8) is 0 Å². The zero-order valence-electron chi connectivity index (χ0n) is 21.7. The molecule has 0 aromatic heterocycles. The number of carbonyl (C=O) groups excluding carboxylic acids is 2. The predicted octanol–water partition coefficient (Wildman–Crippen LogP) is 4.94. The monoisotopic (exact) mass is 498 g/mol. The molecule has 0 bridgehead atoms. The number of benzene rings is 4. The second-order valence-electron chi connectivity index (χ2n) is 10.6. The van der Waals surface area contributed by atoms with Crippen LogP contribution in [0.25, 0.3) is 21.5 Å². The van der Waals surface area contributed by atoms with Gasteiger partial charge in [0.1, 0.15) is 6.42 Å². The van der Waals surface area contributed by atoms with Gasteiger partial charge in [-0.1, -0.05) is 84.9 Å². The van der Waals surface area contributed by atoms with Crippen LogP contribution in [0.15, 0.2) is 84.9 Å². The van der Waals surface area contributed by atoms with Crippen LogP contribution in [0, 0.1) is 0 Å². The summed E-state index contributed by atoms with van der Waals surface area (Å²) in [5.74, 6) is -1.05. The molecule has 4 rings (SSSR count). The number of amides is 2. The fraction of sp³-hybridized carbons (Fsp3) is 0.290. The van der Waals surface area contributed by atoms with Crippen molar-refractivity contribution in [1.82, 2.24) is 10.6 Å². The zero-order valence-corrected chi connectivity index (χ0v) is 21.7. The molecule has 0 spiro atoms. The Morgan fingerprint density at radius 3 is 1.35 bits per heavy atom. The van der Waals surface area contributed by atoms with Gasteiger partial charge in [0.2, 0.25) is 11.8 Å². The molecule has 0 radical (unpaired) electrons. The van der Waals surface area contributed by atoms with Gasteiger partial charge in [-0.25, -0.2) is 0 Å². The van der Waals surface area contributed by atoms with Crippen LogP contribution in [0.2, 0.25) is 0 Å². The Labute approximate surface area is 217 Å². The van der Waals surface area contributed by atoms with Crippen molar-refractivity contribution in [2.75, 3.05) is 0 Å². The molecule has 4 aromatic rings. The van der Waals surface area contributed by atoms with Gasteiger partial charge in [0.25, 0.3) is 0 Å². The lowest BCUT2D eigenvalue weighted by Crippen LogP contribution is -2.46. The van der Waals surface area contributed by atoms with E-state index in [4.69, 9.17) is 0 Å². The minimum Gasteiger partial charge on any atom is -0.388 e. The first-order valence-electron chi connectivity index (χ1n) is 12.4. The topological polar surface area (TPSA) is 98.7 Å². The van der Waals surface area contributed by atoms with E-state index in [1.54, 1.807) is 27.7 Å². The van der Waals surface area contributed by atoms with Crippen molar-refractivity contribution >= 4 is 33.4 Å². The summed E-state index contributed by atoms with van der Waals surface area (Å²) in [5, 5.41) is 31.4. The van der Waals surface area contributed by atoms with E-state index < -0.39 is 41.5 Å². The summed E-state index contributed by atoms with van der Waals surface area (Å²) in [6.07, 6.45) is -0.450. The van der Waals surface area contributed by atoms with E-state index >= 15 is 0 Å². The second kappa shape index (κ2) is 10.3. The summed E-state index contributed by atoms with van der Waals surface area (Å²) >= 11 is 0. The predicted molar refractivity (Wildman–Crippen MR) is 147 cm³/mol. The smallest absolute Gasteiger partial charge is 0.230 e. The molecular weight excluding hydrogens is 464 g/mol. The van der Waals surface area contributed by atoms with Crippen molar-refractivity contribution in [2.45, 2.75) is 57.4 Å². The van der Waals surface area contributed by atoms with Crippen LogP contribution >= 0.6 is 0 Å². The first-order valence-corrected chi connectivity index (χ1v) is 12.4. The first-order chi connectivity index (χ1) is 17.4. The van der Waals surface area contributed by atoms with Crippen molar-refractivity contribution in [1.29, 1.82) is 0 Å². The third-order valence-corrected chi connectivity index (χ3v) is 6.61. The van der Waals surface area contributed by atoms with Crippen LogP contribution < -0.4 is 10.6 Å². The van der Waals surface area contributed by atoms with Crippen LogP contribution in [0.5, 0.6) is 0 Å². The molecule has 4 aromatic carbocycles. The third-order valence-electron chi connectivity index (χ3n) is 6.61. The second-order valence-corrected chi connectivity index (χ2v) is 10.6. The lowest BCUT2D eigenvalue weighted by Gasteiger charge is -2.32. The SMILES string of the molecule is CC(C)(O)[C@H](NC(=O)CC(=O)N[C@H](c1cccc2ccccc12)C(C)(C)O)c1cccc2ccccc12. The highest BCUT2D eigenvalue weighted by atomic mass is 16.3. The molecule has 192 valence electrons. The Bertz CT molecular complexity index is 1310. The number of nitrogens with one attached hydrogen (secondary N) is 2. The molecule has 37 heavy (non-hydrogen) atoms. The maximum Gasteiger partial charge on any atom is 0.230 e. The van der Waals surface area contributed by atoms with E-state index in [2.05, 4.69) is 10.6 Å². The Morgan fingerprint density at radius 2 is 0.973 bits per heavy atom. The number of aliphatic hydroxyl groups is 2. The van der Waals surface area contributed by atoms with Crippen LogP contribution in [0.4, 0.5) is 0 Å². The van der Waals surface area contributed by atoms with E-state index in [0.717, 1.165) is 32.7 Å². The molecule has 6 nitrogen and oxygen atoms in total. The van der Waals surface area contributed by atoms with Crippen molar-refractivity contribution in [3.05, 3.63) is 96.1 Å². The van der Waals surface area contributed by atoms with Crippen molar-refractivity contribution < 1.29 is 19.8 Å². The minimum absolute atomic E-state index is 0.450. The maximum atomic E-state index is 13.1. The van der Waals surface area contributed by atoms with E-state index in [1.165, 1.54) is 0 Å². The standard InChI is InChI=1S/C31H34N2O4/c1-30(2,36)28(24-17-9-13-20-11-5-7-15-22(20)24)32-26(34)19-27(35)33-29(31(3,4)37)25-18-10-14-21-12-6-8-16-23(21)25/h5-18,28-29,36-37H,19H2,1-4H3,(H,32,34)(H,33,35)/t28-,29-/m1/s1. The molecule has 6 heteroatoms. The minimum atomic E-state index is -1.28. The van der Waals surface area contributed by atoms with E-state index in [0.29, 0.717) is 0 Å². The van der Waals surface area contributed by atoms with E-state index in [-0.39, 0.29) is 0 Å². The lowest BCUT2D eigenvalue weighted by atomic mass is 9.88. The van der Waals surface area contributed by atoms with Gasteiger partial charge < -0.3 is 20.8 Å². The maximum absolute atomic E-state index is 13.1. The molecule has 0 unspecified atom stereocenters. The summed E-state index contributed by atoms with van der Waals surface area (Å²) in [7, 11) is 0. The number of carbonyl (C=O) groups is 2. The molecular formula is C31H34N2O4. The normalized spacial score (nSPS) is 13.8. The Morgan fingerprint density at radius 1 is 0.622 bits per heavy atom. The van der Waals surface area contributed by atoms with Crippen LogP contribution in [0.3, 0.4) is 0 Å². The van der Waals surface area contributed by atoms with Crippen molar-refractivity contribution in [3.8, 4) is 0 Å². The molecule has 0 saturated carbocycles. The van der Waals surface area contributed by atoms with E-state index in [9.17, 15) is 19.8 Å². The van der Waals surface area contributed by atoms with Gasteiger partial charge in [-0.2, -0.15) is 0 Å². The summed E-state index contributed by atoms with van der Waals surface area (Å²) in [6, 6.07) is 25.5. The highest BCUT2D eigenvalue weighted by Gasteiger charge is 2.34. The molecule has 0 aliphatic heterocycles. The Balaban J connectivity index is 1.55. The number of fused-ring (bicyclic) bond motifs is 2. The first kappa shape index (κ1) is 26.3. The van der Waals surface area contributed by atoms with Gasteiger partial charge in [-0.3, -0.25) is 9.59 Å². The summed E-state index contributed by atoms with van der Waals surface area (Å²) < 4.78 is 0. The molecule has 0 fully saturated rings. The Kier molecular flexibility index (Phi) is 7.35. The molecule has 2 amide bonds. The third kappa shape index (κ3) is 5.98.